The number of aliphatic imine (C=N–C) groups is 1. The zero-order valence-electron chi connectivity index (χ0n) is 41.3. The van der Waals surface area contributed by atoms with Crippen LogP contribution >= 0.6 is 0 Å². The van der Waals surface area contributed by atoms with Gasteiger partial charge in [-0.25, -0.2) is 9.59 Å². The number of carboxylic acids is 2. The number of carbonyl (C=O) groups is 10. The van der Waals surface area contributed by atoms with Crippen molar-refractivity contribution in [3.63, 3.8) is 0 Å². The Balaban J connectivity index is 2.69. The van der Waals surface area contributed by atoms with Gasteiger partial charge in [-0.05, 0) is 44.1 Å². The second-order valence-corrected chi connectivity index (χ2v) is 17.7. The molecule has 0 aromatic heterocycles. The molecule has 1 aromatic rings. The van der Waals surface area contributed by atoms with E-state index in [4.69, 9.17) is 16.2 Å². The highest BCUT2D eigenvalue weighted by Gasteiger charge is 2.34. The molecule has 0 radical (unpaired) electrons. The summed E-state index contributed by atoms with van der Waals surface area (Å²) < 4.78 is 5.66. The number of benzene rings is 1. The van der Waals surface area contributed by atoms with Crippen molar-refractivity contribution in [3.05, 3.63) is 72.0 Å². The van der Waals surface area contributed by atoms with Gasteiger partial charge >= 0.3 is 17.9 Å². The second-order valence-electron chi connectivity index (χ2n) is 17.7. The Morgan fingerprint density at radius 3 is 2.07 bits per heavy atom. The molecule has 1 unspecified atom stereocenters. The predicted octanol–water partition coefficient (Wildman–Crippen LogP) is -0.0994. The van der Waals surface area contributed by atoms with Crippen molar-refractivity contribution in [2.24, 2.45) is 34.2 Å². The van der Waals surface area contributed by atoms with E-state index in [1.54, 1.807) is 26.8 Å². The maximum Gasteiger partial charge on any atom is 0.326 e. The van der Waals surface area contributed by atoms with E-state index in [-0.39, 0.29) is 43.6 Å². The van der Waals surface area contributed by atoms with Gasteiger partial charge in [-0.2, -0.15) is 0 Å². The molecule has 23 heteroatoms. The summed E-state index contributed by atoms with van der Waals surface area (Å²) in [6, 6.07) is 1.87. The third-order valence-corrected chi connectivity index (χ3v) is 11.2. The van der Waals surface area contributed by atoms with Gasteiger partial charge in [0.05, 0.1) is 24.9 Å². The number of amides is 7. The molecule has 0 bridgehead atoms. The van der Waals surface area contributed by atoms with Crippen molar-refractivity contribution in [3.8, 4) is 0 Å². The van der Waals surface area contributed by atoms with E-state index in [2.05, 4.69) is 43.5 Å². The summed E-state index contributed by atoms with van der Waals surface area (Å²) in [5.41, 5.74) is 12.1. The highest BCUT2D eigenvalue weighted by Crippen LogP contribution is 2.19. The molecule has 1 aliphatic rings. The molecule has 0 saturated carbocycles. The monoisotopic (exact) mass is 995 g/mol. The molecule has 390 valence electrons. The summed E-state index contributed by atoms with van der Waals surface area (Å²) in [4.78, 5) is 136. The first-order valence-electron chi connectivity index (χ1n) is 23.1. The SMILES string of the molecule is C=C1C(=O)NCC(=O)N[C@@H](CC(C)C)C(=O)N[C@@H](C(=O)O)CC(=O)NC(CCCN=C(N)N)C(=O)N[C@@H](/C=C/C(C)=C/[C@H](C)[C@H](Cc2ccccc2)OC(C)=O)[C@H](C)C(=O)N[C@@H](C(=O)O)CCC(=O)N1C. The number of esters is 1. The number of aliphatic carboxylic acids is 2. The summed E-state index contributed by atoms with van der Waals surface area (Å²) >= 11 is 0. The van der Waals surface area contributed by atoms with Gasteiger partial charge < -0.3 is 63.2 Å². The van der Waals surface area contributed by atoms with Crippen molar-refractivity contribution in [1.29, 1.82) is 0 Å². The fourth-order valence-corrected chi connectivity index (χ4v) is 7.19. The average molecular weight is 995 g/mol. The molecule has 12 N–H and O–H groups in total. The number of rotatable bonds is 15. The third-order valence-electron chi connectivity index (χ3n) is 11.2. The van der Waals surface area contributed by atoms with Crippen molar-refractivity contribution in [1.82, 2.24) is 36.8 Å². The molecule has 1 fully saturated rings. The van der Waals surface area contributed by atoms with Gasteiger partial charge in [0.25, 0.3) is 5.91 Å². The molecule has 1 heterocycles. The average Bonchev–Trinajstić information content (AvgIpc) is 3.29. The Kier molecular flexibility index (Phi) is 24.7. The molecule has 1 aromatic carbocycles. The van der Waals surface area contributed by atoms with E-state index in [0.29, 0.717) is 12.0 Å². The van der Waals surface area contributed by atoms with E-state index < -0.39 is 133 Å². The van der Waals surface area contributed by atoms with Crippen molar-refractivity contribution < 1.29 is 62.9 Å². The van der Waals surface area contributed by atoms with Crippen LogP contribution in [0.4, 0.5) is 0 Å². The Morgan fingerprint density at radius 2 is 1.48 bits per heavy atom. The number of hydrogen-bond acceptors (Lipinski definition) is 12. The number of guanidine groups is 1. The van der Waals surface area contributed by atoms with Gasteiger partial charge in [0.15, 0.2) is 5.96 Å². The maximum absolute atomic E-state index is 14.3. The zero-order valence-corrected chi connectivity index (χ0v) is 41.3. The largest absolute Gasteiger partial charge is 0.480 e. The van der Waals surface area contributed by atoms with Gasteiger partial charge in [0, 0.05) is 39.3 Å². The molecule has 23 nitrogen and oxygen atoms in total. The van der Waals surface area contributed by atoms with Gasteiger partial charge in [-0.3, -0.25) is 43.3 Å². The van der Waals surface area contributed by atoms with Crippen LogP contribution in [-0.2, 0) is 59.1 Å². The molecule has 1 aliphatic heterocycles. The predicted molar refractivity (Wildman–Crippen MR) is 260 cm³/mol. The lowest BCUT2D eigenvalue weighted by atomic mass is 9.94. The maximum atomic E-state index is 14.3. The van der Waals surface area contributed by atoms with Gasteiger partial charge in [-0.1, -0.05) is 88.4 Å². The molecule has 8 atom stereocenters. The summed E-state index contributed by atoms with van der Waals surface area (Å²) in [7, 11) is 1.19. The van der Waals surface area contributed by atoms with Crippen LogP contribution in [0.1, 0.15) is 85.6 Å². The van der Waals surface area contributed by atoms with E-state index >= 15 is 0 Å². The van der Waals surface area contributed by atoms with Crippen LogP contribution in [0.25, 0.3) is 0 Å². The van der Waals surface area contributed by atoms with Gasteiger partial charge in [0.1, 0.15) is 36.0 Å². The number of nitrogens with zero attached hydrogens (tertiary/aromatic N) is 2. The molecule has 7 amide bonds. The molecule has 2 rings (SSSR count). The highest BCUT2D eigenvalue weighted by atomic mass is 16.5. The van der Waals surface area contributed by atoms with Crippen LogP contribution in [0, 0.1) is 17.8 Å². The number of carbonyl (C=O) groups excluding carboxylic acids is 8. The standard InChI is InChI=1S/C48H70N10O13/c1-26(2)21-36-45(66)57-37(47(69)70)24-39(60)53-34(15-12-20-51-48(49)50)44(65)55-33(17-16-27(3)22-28(4)38(71-31(7)59)23-32-13-10-9-11-14-32)29(5)42(63)56-35(46(67)68)18-19-41(62)58(8)30(6)43(64)52-25-40(61)54-36/h9-11,13-14,16-17,22,26,28-29,33-38H,6,12,15,18-21,23-25H2,1-5,7-8H3,(H,52,64)(H,53,60)(H,54,61)(H,55,65)(H,56,63)(H,57,66)(H,67,68)(H,69,70)(H4,49,50,51)/b17-16+,27-22+/t28-,29-,33-,34?,35+,36-,37+,38-/m0/s1. The Hall–Kier alpha value is -7.59. The first-order chi connectivity index (χ1) is 33.3. The van der Waals surface area contributed by atoms with Gasteiger partial charge in [0.2, 0.25) is 35.4 Å². The van der Waals surface area contributed by atoms with Crippen LogP contribution in [0.5, 0.6) is 0 Å². The molecule has 1 saturated heterocycles. The van der Waals surface area contributed by atoms with Crippen LogP contribution in [0.15, 0.2) is 71.4 Å². The van der Waals surface area contributed by atoms with Crippen LogP contribution in [0.3, 0.4) is 0 Å². The van der Waals surface area contributed by atoms with E-state index in [0.717, 1.165) is 10.5 Å². The minimum atomic E-state index is -1.86. The molecule has 0 aliphatic carbocycles. The minimum absolute atomic E-state index is 0.00613. The topological polar surface area (TPSA) is 360 Å². The lowest BCUT2D eigenvalue weighted by molar-refractivity contribution is -0.148. The number of hydrogen-bond donors (Lipinski definition) is 10. The Morgan fingerprint density at radius 1 is 0.873 bits per heavy atom. The van der Waals surface area contributed by atoms with E-state index in [1.165, 1.54) is 27.0 Å². The highest BCUT2D eigenvalue weighted by molar-refractivity contribution is 5.99. The van der Waals surface area contributed by atoms with Crippen LogP contribution in [-0.4, -0.2) is 137 Å². The summed E-state index contributed by atoms with van der Waals surface area (Å²) in [5.74, 6) is -12.0. The summed E-state index contributed by atoms with van der Waals surface area (Å²) in [6.07, 6.45) is 2.85. The quantitative estimate of drug-likeness (QED) is 0.0274. The fraction of sp³-hybridized carbons (Fsp3) is 0.521. The summed E-state index contributed by atoms with van der Waals surface area (Å²) in [6.45, 7) is 12.6. The van der Waals surface area contributed by atoms with E-state index in [9.17, 15) is 58.2 Å². The number of nitrogens with one attached hydrogen (secondary N) is 6. The van der Waals surface area contributed by atoms with E-state index in [1.807, 2.05) is 43.3 Å². The zero-order chi connectivity index (χ0) is 53.5. The Labute approximate surface area is 413 Å². The second kappa shape index (κ2) is 29.4. The van der Waals surface area contributed by atoms with Crippen LogP contribution in [0.2, 0.25) is 0 Å². The number of likely N-dealkylation sites (N-methyl/N-ethyl adjacent to an activating group) is 1. The first kappa shape index (κ1) is 59.5. The molecular weight excluding hydrogens is 925 g/mol. The normalized spacial score (nSPS) is 23.1. The number of ether oxygens (including phenoxy) is 1. The molecule has 0 spiro atoms. The smallest absolute Gasteiger partial charge is 0.326 e. The molecule has 71 heavy (non-hydrogen) atoms. The fourth-order valence-electron chi connectivity index (χ4n) is 7.19. The lowest BCUT2D eigenvalue weighted by Gasteiger charge is -2.27. The molecular formula is C48H70N10O13. The van der Waals surface area contributed by atoms with Crippen molar-refractivity contribution in [2.75, 3.05) is 20.1 Å². The minimum Gasteiger partial charge on any atom is -0.480 e. The van der Waals surface area contributed by atoms with Crippen molar-refractivity contribution in [2.45, 2.75) is 123 Å². The van der Waals surface area contributed by atoms with Gasteiger partial charge in [-0.15, -0.1) is 0 Å². The Bertz CT molecular complexity index is 2190. The first-order valence-corrected chi connectivity index (χ1v) is 23.1. The number of nitrogens with two attached hydrogens (primary N) is 2. The van der Waals surface area contributed by atoms with Crippen LogP contribution < -0.4 is 43.4 Å². The number of allylic oxidation sites excluding steroid dienone is 2. The summed E-state index contributed by atoms with van der Waals surface area (Å²) in [5, 5.41) is 34.8. The third kappa shape index (κ3) is 21.7. The lowest BCUT2D eigenvalue weighted by Crippen LogP contribution is -2.56. The number of carboxylic acid groups (broad SMARTS) is 2. The van der Waals surface area contributed by atoms with Crippen molar-refractivity contribution >= 4 is 65.2 Å².